The van der Waals surface area contributed by atoms with Crippen molar-refractivity contribution in [1.29, 1.82) is 0 Å². The van der Waals surface area contributed by atoms with E-state index in [2.05, 4.69) is 15.9 Å². The molecule has 0 fully saturated rings. The highest BCUT2D eigenvalue weighted by molar-refractivity contribution is 9.10. The number of hydrogen-bond donors (Lipinski definition) is 0. The first-order valence-corrected chi connectivity index (χ1v) is 9.40. The molecule has 7 heteroatoms. The Kier molecular flexibility index (Phi) is 3.66. The summed E-state index contributed by atoms with van der Waals surface area (Å²) < 4.78 is 48.1. The van der Waals surface area contributed by atoms with Crippen LogP contribution in [0.2, 0.25) is 0 Å². The predicted molar refractivity (Wildman–Crippen MR) is 74.3 cm³/mol. The molecule has 18 heavy (non-hydrogen) atoms. The lowest BCUT2D eigenvalue weighted by Crippen LogP contribution is -2.07. The van der Waals surface area contributed by atoms with Gasteiger partial charge in [0.25, 0.3) is 0 Å². The van der Waals surface area contributed by atoms with E-state index in [1.165, 1.54) is 0 Å². The molecule has 0 unspecified atom stereocenters. The van der Waals surface area contributed by atoms with Gasteiger partial charge in [-0.15, -0.1) is 0 Å². The largest absolute Gasteiger partial charge is 0.224 e. The lowest BCUT2D eigenvalue weighted by Gasteiger charge is -2.08. The maximum Gasteiger partial charge on any atom is 0.179 e. The van der Waals surface area contributed by atoms with Gasteiger partial charge in [0, 0.05) is 15.4 Å². The number of halogens is 1. The van der Waals surface area contributed by atoms with E-state index >= 15 is 0 Å². The predicted octanol–water partition coefficient (Wildman–Crippen LogP) is 1.98. The summed E-state index contributed by atoms with van der Waals surface area (Å²) in [6, 6.07) is 6.69. The summed E-state index contributed by atoms with van der Waals surface area (Å²) in [5, 5.41) is 0.884. The third kappa shape index (κ3) is 2.84. The van der Waals surface area contributed by atoms with Gasteiger partial charge in [-0.2, -0.15) is 0 Å². The summed E-state index contributed by atoms with van der Waals surface area (Å²) >= 11 is 3.25. The van der Waals surface area contributed by atoms with Crippen LogP contribution in [0.3, 0.4) is 0 Å². The SMILES string of the molecule is O=S1(=O)C=C(c2ccccc2Br)S(=O)(=O)CCC1. The minimum atomic E-state index is -3.55. The summed E-state index contributed by atoms with van der Waals surface area (Å²) in [5.41, 5.74) is 0.392. The summed E-state index contributed by atoms with van der Waals surface area (Å²) in [7, 11) is -7.02. The zero-order valence-corrected chi connectivity index (χ0v) is 12.6. The first-order valence-electron chi connectivity index (χ1n) is 5.24. The maximum absolute atomic E-state index is 12.1. The Morgan fingerprint density at radius 1 is 1.00 bits per heavy atom. The molecule has 0 saturated carbocycles. The Morgan fingerprint density at radius 2 is 1.67 bits per heavy atom. The molecule has 1 aromatic carbocycles. The van der Waals surface area contributed by atoms with Crippen molar-refractivity contribution < 1.29 is 16.8 Å². The van der Waals surface area contributed by atoms with Gasteiger partial charge in [-0.05, 0) is 12.5 Å². The first kappa shape index (κ1) is 13.8. The fraction of sp³-hybridized carbons (Fsp3) is 0.273. The Hall–Kier alpha value is -0.660. The standard InChI is InChI=1S/C11H11BrO4S2/c12-10-5-2-1-4-9(10)11-8-17(13,14)6-3-7-18(11,15)16/h1-2,4-5,8H,3,6-7H2. The fourth-order valence-corrected chi connectivity index (χ4v) is 5.96. The van der Waals surface area contributed by atoms with E-state index in [-0.39, 0.29) is 22.8 Å². The minimum absolute atomic E-state index is 0.118. The van der Waals surface area contributed by atoms with Gasteiger partial charge in [0.1, 0.15) is 0 Å². The van der Waals surface area contributed by atoms with Crippen molar-refractivity contribution in [1.82, 2.24) is 0 Å². The van der Waals surface area contributed by atoms with E-state index in [1.54, 1.807) is 24.3 Å². The smallest absolute Gasteiger partial charge is 0.179 e. The third-order valence-corrected chi connectivity index (χ3v) is 6.73. The second-order valence-corrected chi connectivity index (χ2v) is 8.90. The molecule has 0 N–H and O–H groups in total. The van der Waals surface area contributed by atoms with Crippen LogP contribution in [0.1, 0.15) is 12.0 Å². The van der Waals surface area contributed by atoms with Crippen molar-refractivity contribution >= 4 is 40.5 Å². The molecule has 1 aliphatic rings. The van der Waals surface area contributed by atoms with E-state index in [0.29, 0.717) is 10.0 Å². The molecule has 2 rings (SSSR count). The number of rotatable bonds is 1. The molecular weight excluding hydrogens is 340 g/mol. The molecule has 4 nitrogen and oxygen atoms in total. The van der Waals surface area contributed by atoms with Crippen LogP contribution in [0.25, 0.3) is 4.91 Å². The Bertz CT molecular complexity index is 702. The summed E-state index contributed by atoms with van der Waals surface area (Å²) in [6.45, 7) is 0. The molecule has 1 heterocycles. The van der Waals surface area contributed by atoms with Gasteiger partial charge >= 0.3 is 0 Å². The normalized spacial score (nSPS) is 21.9. The van der Waals surface area contributed by atoms with E-state index in [9.17, 15) is 16.8 Å². The van der Waals surface area contributed by atoms with Gasteiger partial charge in [-0.25, -0.2) is 16.8 Å². The molecule has 0 saturated heterocycles. The van der Waals surface area contributed by atoms with Gasteiger partial charge in [0.15, 0.2) is 19.7 Å². The first-order chi connectivity index (χ1) is 8.32. The molecule has 1 aromatic rings. The molecule has 0 spiro atoms. The topological polar surface area (TPSA) is 68.3 Å². The van der Waals surface area contributed by atoms with Gasteiger partial charge in [0.2, 0.25) is 0 Å². The highest BCUT2D eigenvalue weighted by Gasteiger charge is 2.27. The number of benzene rings is 1. The van der Waals surface area contributed by atoms with Gasteiger partial charge in [-0.1, -0.05) is 34.1 Å². The average Bonchev–Trinajstić information content (AvgIpc) is 2.36. The van der Waals surface area contributed by atoms with Crippen molar-refractivity contribution in [2.24, 2.45) is 0 Å². The van der Waals surface area contributed by atoms with E-state index in [0.717, 1.165) is 5.41 Å². The highest BCUT2D eigenvalue weighted by Crippen LogP contribution is 2.31. The summed E-state index contributed by atoms with van der Waals surface area (Å²) in [4.78, 5) is -0.118. The zero-order valence-electron chi connectivity index (χ0n) is 9.34. The lowest BCUT2D eigenvalue weighted by molar-refractivity contribution is 0.602. The van der Waals surface area contributed by atoms with Crippen LogP contribution >= 0.6 is 15.9 Å². The van der Waals surface area contributed by atoms with Crippen molar-refractivity contribution in [3.05, 3.63) is 39.7 Å². The maximum atomic E-state index is 12.1. The van der Waals surface area contributed by atoms with Crippen molar-refractivity contribution in [3.8, 4) is 0 Å². The van der Waals surface area contributed by atoms with Crippen LogP contribution in [-0.2, 0) is 19.7 Å². The number of hydrogen-bond acceptors (Lipinski definition) is 4. The van der Waals surface area contributed by atoms with E-state index in [4.69, 9.17) is 0 Å². The molecule has 0 aromatic heterocycles. The van der Waals surface area contributed by atoms with Crippen LogP contribution in [0.4, 0.5) is 0 Å². The monoisotopic (exact) mass is 350 g/mol. The van der Waals surface area contributed by atoms with Gasteiger partial charge < -0.3 is 0 Å². The molecule has 98 valence electrons. The average molecular weight is 351 g/mol. The van der Waals surface area contributed by atoms with Crippen LogP contribution < -0.4 is 0 Å². The van der Waals surface area contributed by atoms with Crippen molar-refractivity contribution in [2.75, 3.05) is 11.5 Å². The fourth-order valence-electron chi connectivity index (χ4n) is 1.75. The number of sulfone groups is 2. The Labute approximate surface area is 115 Å². The van der Waals surface area contributed by atoms with E-state index < -0.39 is 19.7 Å². The van der Waals surface area contributed by atoms with Crippen LogP contribution in [0.5, 0.6) is 0 Å². The summed E-state index contributed by atoms with van der Waals surface area (Å²) in [5.74, 6) is -0.264. The van der Waals surface area contributed by atoms with Crippen LogP contribution in [0, 0.1) is 0 Å². The minimum Gasteiger partial charge on any atom is -0.224 e. The molecule has 0 atom stereocenters. The quantitative estimate of drug-likeness (QED) is 0.776. The lowest BCUT2D eigenvalue weighted by atomic mass is 10.2. The summed E-state index contributed by atoms with van der Waals surface area (Å²) in [6.07, 6.45) is 0.134. The molecular formula is C11H11BrO4S2. The zero-order chi connectivity index (χ0) is 13.4. The second-order valence-electron chi connectivity index (χ2n) is 4.00. The molecule has 1 aliphatic heterocycles. The molecule has 0 amide bonds. The molecule has 0 bridgehead atoms. The second kappa shape index (κ2) is 4.79. The molecule has 0 aliphatic carbocycles. The van der Waals surface area contributed by atoms with E-state index in [1.807, 2.05) is 0 Å². The van der Waals surface area contributed by atoms with Gasteiger partial charge in [-0.3, -0.25) is 0 Å². The van der Waals surface area contributed by atoms with Crippen LogP contribution in [0.15, 0.2) is 34.1 Å². The highest BCUT2D eigenvalue weighted by atomic mass is 79.9. The Balaban J connectivity index is 2.72. The molecule has 0 radical (unpaired) electrons. The van der Waals surface area contributed by atoms with Crippen molar-refractivity contribution in [3.63, 3.8) is 0 Å². The van der Waals surface area contributed by atoms with Crippen LogP contribution in [-0.4, -0.2) is 28.3 Å². The van der Waals surface area contributed by atoms with Gasteiger partial charge in [0.05, 0.1) is 16.4 Å². The Morgan fingerprint density at radius 3 is 2.33 bits per heavy atom. The van der Waals surface area contributed by atoms with Crippen molar-refractivity contribution in [2.45, 2.75) is 6.42 Å². The third-order valence-electron chi connectivity index (χ3n) is 2.60.